The van der Waals surface area contributed by atoms with Gasteiger partial charge in [-0.25, -0.2) is 0 Å². The third kappa shape index (κ3) is 4.27. The van der Waals surface area contributed by atoms with Crippen LogP contribution in [0.15, 0.2) is 42.7 Å². The molecule has 1 aromatic heterocycles. The summed E-state index contributed by atoms with van der Waals surface area (Å²) in [6, 6.07) is 8.98. The molecule has 1 saturated heterocycles. The van der Waals surface area contributed by atoms with Crippen molar-refractivity contribution in [3.05, 3.63) is 48.3 Å². The van der Waals surface area contributed by atoms with Crippen LogP contribution in [0.3, 0.4) is 0 Å². The lowest BCUT2D eigenvalue weighted by atomic mass is 10.1. The van der Waals surface area contributed by atoms with Crippen LogP contribution in [0.2, 0.25) is 0 Å². The van der Waals surface area contributed by atoms with E-state index in [2.05, 4.69) is 10.4 Å². The Morgan fingerprint density at radius 1 is 1.23 bits per heavy atom. The van der Waals surface area contributed by atoms with Crippen molar-refractivity contribution < 1.29 is 14.4 Å². The molecule has 0 bridgehead atoms. The molecule has 26 heavy (non-hydrogen) atoms. The molecule has 1 aromatic carbocycles. The predicted octanol–water partition coefficient (Wildman–Crippen LogP) is 0.541. The van der Waals surface area contributed by atoms with Gasteiger partial charge in [-0.2, -0.15) is 5.10 Å². The van der Waals surface area contributed by atoms with Crippen LogP contribution in [0.5, 0.6) is 0 Å². The lowest BCUT2D eigenvalue weighted by Crippen LogP contribution is -2.43. The van der Waals surface area contributed by atoms with Gasteiger partial charge >= 0.3 is 0 Å². The lowest BCUT2D eigenvalue weighted by molar-refractivity contribution is -0.136. The number of nitrogens with one attached hydrogen (secondary N) is 1. The fraction of sp³-hybridized carbons (Fsp3) is 0.333. The molecule has 0 saturated carbocycles. The number of rotatable bonds is 6. The van der Waals surface area contributed by atoms with E-state index in [9.17, 15) is 14.4 Å². The number of aromatic nitrogens is 2. The molecule has 8 heteroatoms. The Labute approximate surface area is 151 Å². The Kier molecular flexibility index (Phi) is 5.31. The Hall–Kier alpha value is -3.16. The van der Waals surface area contributed by atoms with Gasteiger partial charge < -0.3 is 16.0 Å². The van der Waals surface area contributed by atoms with Crippen molar-refractivity contribution >= 4 is 23.4 Å². The fourth-order valence-electron chi connectivity index (χ4n) is 3.11. The van der Waals surface area contributed by atoms with E-state index in [-0.39, 0.29) is 24.8 Å². The number of benzene rings is 1. The topological polar surface area (TPSA) is 110 Å². The maximum atomic E-state index is 12.6. The highest BCUT2D eigenvalue weighted by atomic mass is 16.2. The number of carbonyl (C=O) groups is 3. The van der Waals surface area contributed by atoms with E-state index in [1.165, 1.54) is 17.1 Å². The highest BCUT2D eigenvalue weighted by Gasteiger charge is 2.34. The summed E-state index contributed by atoms with van der Waals surface area (Å²) >= 11 is 0. The van der Waals surface area contributed by atoms with Gasteiger partial charge in [0.2, 0.25) is 17.7 Å². The molecule has 0 aliphatic carbocycles. The van der Waals surface area contributed by atoms with Crippen molar-refractivity contribution in [1.82, 2.24) is 14.7 Å². The number of hydrogen-bond donors (Lipinski definition) is 2. The predicted molar refractivity (Wildman–Crippen MR) is 94.9 cm³/mol. The first-order chi connectivity index (χ1) is 12.5. The third-order valence-corrected chi connectivity index (χ3v) is 4.29. The first-order valence-corrected chi connectivity index (χ1v) is 8.48. The van der Waals surface area contributed by atoms with E-state index in [0.29, 0.717) is 18.7 Å². The highest BCUT2D eigenvalue weighted by molar-refractivity contribution is 5.97. The minimum Gasteiger partial charge on any atom is -0.368 e. The summed E-state index contributed by atoms with van der Waals surface area (Å²) in [5.41, 5.74) is 6.52. The highest BCUT2D eigenvalue weighted by Crippen LogP contribution is 2.20. The molecular formula is C18H21N5O3. The van der Waals surface area contributed by atoms with Crippen LogP contribution in [0.1, 0.15) is 18.4 Å². The standard InChI is InChI=1S/C18H21N5O3/c19-16(24)12-22-11-14(10-20-22)21-18(26)15-7-4-8-23(15)17(25)9-13-5-2-1-3-6-13/h1-3,5-6,10-11,15H,4,7-9,12H2,(H2,19,24)(H,21,26). The summed E-state index contributed by atoms with van der Waals surface area (Å²) in [4.78, 5) is 37.7. The van der Waals surface area contributed by atoms with Crippen molar-refractivity contribution in [2.24, 2.45) is 5.73 Å². The number of carbonyl (C=O) groups excluding carboxylic acids is 3. The second-order valence-corrected chi connectivity index (χ2v) is 6.29. The molecule has 1 fully saturated rings. The van der Waals surface area contributed by atoms with Crippen molar-refractivity contribution in [2.75, 3.05) is 11.9 Å². The van der Waals surface area contributed by atoms with Crippen LogP contribution >= 0.6 is 0 Å². The largest absolute Gasteiger partial charge is 0.368 e. The van der Waals surface area contributed by atoms with Gasteiger partial charge in [-0.15, -0.1) is 0 Å². The van der Waals surface area contributed by atoms with Crippen molar-refractivity contribution in [1.29, 1.82) is 0 Å². The number of likely N-dealkylation sites (tertiary alicyclic amines) is 1. The van der Waals surface area contributed by atoms with E-state index in [0.717, 1.165) is 12.0 Å². The van der Waals surface area contributed by atoms with Crippen molar-refractivity contribution in [2.45, 2.75) is 31.8 Å². The smallest absolute Gasteiger partial charge is 0.247 e. The van der Waals surface area contributed by atoms with Gasteiger partial charge in [-0.3, -0.25) is 19.1 Å². The van der Waals surface area contributed by atoms with Crippen LogP contribution in [0.4, 0.5) is 5.69 Å². The summed E-state index contributed by atoms with van der Waals surface area (Å²) in [5, 5.41) is 6.72. The molecule has 2 aromatic rings. The molecule has 0 spiro atoms. The van der Waals surface area contributed by atoms with Gasteiger partial charge in [0, 0.05) is 12.7 Å². The minimum absolute atomic E-state index is 0.0546. The zero-order valence-corrected chi connectivity index (χ0v) is 14.3. The van der Waals surface area contributed by atoms with Crippen LogP contribution < -0.4 is 11.1 Å². The Balaban J connectivity index is 1.61. The number of nitrogens with two attached hydrogens (primary N) is 1. The molecule has 0 radical (unpaired) electrons. The van der Waals surface area contributed by atoms with Gasteiger partial charge in [0.15, 0.2) is 0 Å². The summed E-state index contributed by atoms with van der Waals surface area (Å²) in [7, 11) is 0. The van der Waals surface area contributed by atoms with E-state index in [4.69, 9.17) is 5.73 Å². The van der Waals surface area contributed by atoms with Crippen LogP contribution in [0.25, 0.3) is 0 Å². The second-order valence-electron chi connectivity index (χ2n) is 6.29. The van der Waals surface area contributed by atoms with Gasteiger partial charge in [0.25, 0.3) is 0 Å². The van der Waals surface area contributed by atoms with Crippen molar-refractivity contribution in [3.8, 4) is 0 Å². The first kappa shape index (κ1) is 17.7. The number of primary amides is 1. The molecule has 1 aliphatic rings. The minimum atomic E-state index is -0.514. The average Bonchev–Trinajstić information content (AvgIpc) is 3.24. The molecule has 136 valence electrons. The lowest BCUT2D eigenvalue weighted by Gasteiger charge is -2.23. The van der Waals surface area contributed by atoms with E-state index in [1.54, 1.807) is 4.90 Å². The molecule has 1 atom stereocenters. The molecule has 1 unspecified atom stereocenters. The number of nitrogens with zero attached hydrogens (tertiary/aromatic N) is 3. The second kappa shape index (κ2) is 7.81. The summed E-state index contributed by atoms with van der Waals surface area (Å²) < 4.78 is 1.35. The summed E-state index contributed by atoms with van der Waals surface area (Å²) in [6.45, 7) is 0.520. The number of amides is 3. The Bertz CT molecular complexity index is 802. The molecule has 1 aliphatic heterocycles. The molecule has 8 nitrogen and oxygen atoms in total. The van der Waals surface area contributed by atoms with Gasteiger partial charge in [0.1, 0.15) is 12.6 Å². The molecule has 3 N–H and O–H groups in total. The SMILES string of the molecule is NC(=O)Cn1cc(NC(=O)C2CCCN2C(=O)Cc2ccccc2)cn1. The van der Waals surface area contributed by atoms with Gasteiger partial charge in [-0.05, 0) is 18.4 Å². The fourth-order valence-corrected chi connectivity index (χ4v) is 3.11. The normalized spacial score (nSPS) is 16.5. The van der Waals surface area contributed by atoms with Gasteiger partial charge in [-0.1, -0.05) is 30.3 Å². The summed E-state index contributed by atoms with van der Waals surface area (Å²) in [5.74, 6) is -0.819. The number of hydrogen-bond acceptors (Lipinski definition) is 4. The zero-order valence-electron chi connectivity index (χ0n) is 14.3. The molecule has 3 amide bonds. The maximum absolute atomic E-state index is 12.6. The van der Waals surface area contributed by atoms with E-state index < -0.39 is 11.9 Å². The zero-order chi connectivity index (χ0) is 18.5. The monoisotopic (exact) mass is 355 g/mol. The molecule has 3 rings (SSSR count). The average molecular weight is 355 g/mol. The molecule has 2 heterocycles. The third-order valence-electron chi connectivity index (χ3n) is 4.29. The van der Waals surface area contributed by atoms with Crippen LogP contribution in [-0.4, -0.2) is 45.0 Å². The summed E-state index contributed by atoms with van der Waals surface area (Å²) in [6.07, 6.45) is 4.68. The maximum Gasteiger partial charge on any atom is 0.247 e. The number of anilines is 1. The Morgan fingerprint density at radius 2 is 2.00 bits per heavy atom. The van der Waals surface area contributed by atoms with E-state index >= 15 is 0 Å². The van der Waals surface area contributed by atoms with Gasteiger partial charge in [0.05, 0.1) is 18.3 Å². The van der Waals surface area contributed by atoms with Crippen molar-refractivity contribution in [3.63, 3.8) is 0 Å². The first-order valence-electron chi connectivity index (χ1n) is 8.48. The van der Waals surface area contributed by atoms with Crippen LogP contribution in [-0.2, 0) is 27.3 Å². The quantitative estimate of drug-likeness (QED) is 0.788. The molecular weight excluding hydrogens is 334 g/mol. The Morgan fingerprint density at radius 3 is 2.73 bits per heavy atom. The van der Waals surface area contributed by atoms with E-state index in [1.807, 2.05) is 30.3 Å². The van der Waals surface area contributed by atoms with Crippen LogP contribution in [0, 0.1) is 0 Å².